The molecular formula is C12H23NO4S2. The Kier molecular flexibility index (Phi) is 8.33. The number of unbranched alkanes of at least 4 members (excludes halogenated alkanes) is 1. The van der Waals surface area contributed by atoms with Crippen LogP contribution >= 0.6 is 24.6 Å². The maximum Gasteiger partial charge on any atom is 0.421 e. The average molecular weight is 309 g/mol. The van der Waals surface area contributed by atoms with E-state index in [4.69, 9.17) is 9.84 Å². The Morgan fingerprint density at radius 1 is 1.42 bits per heavy atom. The summed E-state index contributed by atoms with van der Waals surface area (Å²) in [5, 5.41) is 9.14. The SMILES string of the molecule is CCCCSN(C(=O)OC(C)(C)C)[C@@H](CS)C(=O)O. The Bertz CT molecular complexity index is 305. The van der Waals surface area contributed by atoms with Gasteiger partial charge in [-0.15, -0.1) is 0 Å². The molecule has 0 aromatic carbocycles. The van der Waals surface area contributed by atoms with Gasteiger partial charge in [-0.05, 0) is 39.1 Å². The number of carboxylic acid groups (broad SMARTS) is 1. The van der Waals surface area contributed by atoms with Gasteiger partial charge >= 0.3 is 12.1 Å². The van der Waals surface area contributed by atoms with Crippen molar-refractivity contribution in [2.75, 3.05) is 11.5 Å². The van der Waals surface area contributed by atoms with E-state index >= 15 is 0 Å². The number of amides is 1. The van der Waals surface area contributed by atoms with Crippen LogP contribution in [-0.2, 0) is 9.53 Å². The molecule has 1 amide bonds. The maximum absolute atomic E-state index is 12.0. The standard InChI is InChI=1S/C12H23NO4S2/c1-5-6-7-19-13(9(8-18)10(14)15)11(16)17-12(2,3)4/h9,18H,5-8H2,1-4H3,(H,14,15)/t9-/m0/s1. The highest BCUT2D eigenvalue weighted by atomic mass is 32.2. The zero-order chi connectivity index (χ0) is 15.1. The summed E-state index contributed by atoms with van der Waals surface area (Å²) in [7, 11) is 0. The monoisotopic (exact) mass is 309 g/mol. The smallest absolute Gasteiger partial charge is 0.421 e. The van der Waals surface area contributed by atoms with Crippen LogP contribution in [0.15, 0.2) is 0 Å². The molecule has 0 spiro atoms. The van der Waals surface area contributed by atoms with Crippen LogP contribution in [0.25, 0.3) is 0 Å². The van der Waals surface area contributed by atoms with Gasteiger partial charge in [0.25, 0.3) is 0 Å². The van der Waals surface area contributed by atoms with Gasteiger partial charge in [0.05, 0.1) is 0 Å². The maximum atomic E-state index is 12.0. The molecule has 1 N–H and O–H groups in total. The third-order valence-electron chi connectivity index (χ3n) is 2.04. The highest BCUT2D eigenvalue weighted by molar-refractivity contribution is 7.97. The first-order valence-electron chi connectivity index (χ1n) is 6.21. The predicted octanol–water partition coefficient (Wildman–Crippen LogP) is 3.05. The predicted molar refractivity (Wildman–Crippen MR) is 80.7 cm³/mol. The van der Waals surface area contributed by atoms with Gasteiger partial charge in [0.2, 0.25) is 0 Å². The topological polar surface area (TPSA) is 66.8 Å². The lowest BCUT2D eigenvalue weighted by Gasteiger charge is -2.29. The highest BCUT2D eigenvalue weighted by Crippen LogP contribution is 2.22. The first kappa shape index (κ1) is 18.4. The molecule has 19 heavy (non-hydrogen) atoms. The van der Waals surface area contributed by atoms with Crippen molar-refractivity contribution in [1.29, 1.82) is 0 Å². The number of thiol groups is 1. The number of rotatable bonds is 7. The Morgan fingerprint density at radius 3 is 2.37 bits per heavy atom. The summed E-state index contributed by atoms with van der Waals surface area (Å²) in [4.78, 5) is 23.2. The van der Waals surface area contributed by atoms with E-state index in [1.807, 2.05) is 6.92 Å². The zero-order valence-corrected chi connectivity index (χ0v) is 13.6. The molecule has 0 saturated heterocycles. The summed E-state index contributed by atoms with van der Waals surface area (Å²) in [6, 6.07) is -0.986. The second-order valence-corrected chi connectivity index (χ2v) is 6.45. The molecule has 1 atom stereocenters. The minimum Gasteiger partial charge on any atom is -0.480 e. The molecule has 0 heterocycles. The number of hydrogen-bond acceptors (Lipinski definition) is 5. The normalized spacial score (nSPS) is 12.9. The lowest BCUT2D eigenvalue weighted by molar-refractivity contribution is -0.140. The zero-order valence-electron chi connectivity index (χ0n) is 11.9. The van der Waals surface area contributed by atoms with Gasteiger partial charge < -0.3 is 9.84 Å². The van der Waals surface area contributed by atoms with E-state index in [1.54, 1.807) is 20.8 Å². The van der Waals surface area contributed by atoms with E-state index in [0.29, 0.717) is 5.75 Å². The molecule has 0 aliphatic heterocycles. The fourth-order valence-corrected chi connectivity index (χ4v) is 2.67. The molecule has 0 aromatic heterocycles. The van der Waals surface area contributed by atoms with E-state index in [9.17, 15) is 9.59 Å². The summed E-state index contributed by atoms with van der Waals surface area (Å²) in [5.41, 5.74) is -0.652. The van der Waals surface area contributed by atoms with Gasteiger partial charge in [0, 0.05) is 11.5 Å². The average Bonchev–Trinajstić information content (AvgIpc) is 2.25. The highest BCUT2D eigenvalue weighted by Gasteiger charge is 2.32. The molecule has 0 bridgehead atoms. The molecule has 0 unspecified atom stereocenters. The summed E-state index contributed by atoms with van der Waals surface area (Å²) in [6.45, 7) is 7.27. The van der Waals surface area contributed by atoms with Gasteiger partial charge in [-0.1, -0.05) is 13.3 Å². The molecule has 0 rings (SSSR count). The Hall–Kier alpha value is -0.560. The van der Waals surface area contributed by atoms with Crippen molar-refractivity contribution in [1.82, 2.24) is 4.31 Å². The van der Waals surface area contributed by atoms with Crippen molar-refractivity contribution in [2.24, 2.45) is 0 Å². The molecule has 112 valence electrons. The van der Waals surface area contributed by atoms with E-state index < -0.39 is 23.7 Å². The number of nitrogens with zero attached hydrogens (tertiary/aromatic N) is 1. The minimum absolute atomic E-state index is 0.0493. The van der Waals surface area contributed by atoms with Gasteiger partial charge in [0.1, 0.15) is 5.60 Å². The van der Waals surface area contributed by atoms with Gasteiger partial charge in [-0.2, -0.15) is 12.6 Å². The van der Waals surface area contributed by atoms with Crippen molar-refractivity contribution >= 4 is 36.6 Å². The van der Waals surface area contributed by atoms with Crippen molar-refractivity contribution < 1.29 is 19.4 Å². The molecule has 5 nitrogen and oxygen atoms in total. The van der Waals surface area contributed by atoms with Crippen LogP contribution in [-0.4, -0.2) is 44.6 Å². The summed E-state index contributed by atoms with van der Waals surface area (Å²) < 4.78 is 6.41. The molecule has 0 radical (unpaired) electrons. The third kappa shape index (κ3) is 7.57. The summed E-state index contributed by atoms with van der Waals surface area (Å²) in [6.07, 6.45) is 1.26. The van der Waals surface area contributed by atoms with Crippen molar-refractivity contribution in [2.45, 2.75) is 52.2 Å². The number of carbonyl (C=O) groups excluding carboxylic acids is 1. The van der Waals surface area contributed by atoms with E-state index in [2.05, 4.69) is 12.6 Å². The van der Waals surface area contributed by atoms with Crippen LogP contribution in [0.4, 0.5) is 4.79 Å². The quantitative estimate of drug-likeness (QED) is 0.430. The lowest BCUT2D eigenvalue weighted by atomic mass is 10.2. The van der Waals surface area contributed by atoms with Crippen molar-refractivity contribution in [3.63, 3.8) is 0 Å². The van der Waals surface area contributed by atoms with Crippen LogP contribution in [0.2, 0.25) is 0 Å². The van der Waals surface area contributed by atoms with Crippen molar-refractivity contribution in [3.8, 4) is 0 Å². The fraction of sp³-hybridized carbons (Fsp3) is 0.833. The second-order valence-electron chi connectivity index (χ2n) is 5.03. The summed E-state index contributed by atoms with van der Waals surface area (Å²) >= 11 is 5.19. The molecule has 0 fully saturated rings. The minimum atomic E-state index is -1.08. The Balaban J connectivity index is 4.82. The van der Waals surface area contributed by atoms with E-state index in [-0.39, 0.29) is 5.75 Å². The van der Waals surface area contributed by atoms with Crippen LogP contribution in [0.5, 0.6) is 0 Å². The molecule has 0 aliphatic rings. The number of aliphatic carboxylic acids is 1. The van der Waals surface area contributed by atoms with Gasteiger partial charge in [0.15, 0.2) is 6.04 Å². The molecule has 0 aliphatic carbocycles. The van der Waals surface area contributed by atoms with Crippen LogP contribution in [0, 0.1) is 0 Å². The van der Waals surface area contributed by atoms with Crippen LogP contribution in [0.1, 0.15) is 40.5 Å². The summed E-state index contributed by atoms with van der Waals surface area (Å²) in [5.74, 6) is -0.356. The first-order chi connectivity index (χ1) is 8.72. The lowest BCUT2D eigenvalue weighted by Crippen LogP contribution is -2.44. The van der Waals surface area contributed by atoms with Crippen molar-refractivity contribution in [3.05, 3.63) is 0 Å². The van der Waals surface area contributed by atoms with Crippen LogP contribution in [0.3, 0.4) is 0 Å². The van der Waals surface area contributed by atoms with E-state index in [1.165, 1.54) is 16.3 Å². The second kappa shape index (κ2) is 8.58. The Morgan fingerprint density at radius 2 is 2.00 bits per heavy atom. The number of ether oxygens (including phenoxy) is 1. The number of carbonyl (C=O) groups is 2. The number of carboxylic acids is 1. The van der Waals surface area contributed by atoms with E-state index in [0.717, 1.165) is 12.8 Å². The molecular weight excluding hydrogens is 286 g/mol. The van der Waals surface area contributed by atoms with Gasteiger partial charge in [-0.25, -0.2) is 13.9 Å². The Labute approximate surface area is 124 Å². The van der Waals surface area contributed by atoms with Gasteiger partial charge in [-0.3, -0.25) is 0 Å². The first-order valence-corrected chi connectivity index (χ1v) is 7.79. The third-order valence-corrected chi connectivity index (χ3v) is 3.54. The molecule has 7 heteroatoms. The largest absolute Gasteiger partial charge is 0.480 e. The molecule has 0 aromatic rings. The fourth-order valence-electron chi connectivity index (χ4n) is 1.14. The van der Waals surface area contributed by atoms with Crippen LogP contribution < -0.4 is 0 Å². The molecule has 0 saturated carbocycles. The number of hydrogen-bond donors (Lipinski definition) is 2.